The van der Waals surface area contributed by atoms with E-state index in [0.29, 0.717) is 35.2 Å². The average Bonchev–Trinajstić information content (AvgIpc) is 2.75. The van der Waals surface area contributed by atoms with Gasteiger partial charge in [-0.25, -0.2) is 0 Å². The number of methoxy groups -OCH3 is 4. The third-order valence-corrected chi connectivity index (χ3v) is 4.25. The molecule has 0 saturated heterocycles. The molecular weight excluding hydrogens is 362 g/mol. The van der Waals surface area contributed by atoms with E-state index in [1.807, 2.05) is 25.1 Å². The van der Waals surface area contributed by atoms with Crippen molar-refractivity contribution < 1.29 is 28.5 Å². The van der Waals surface area contributed by atoms with Gasteiger partial charge < -0.3 is 29.0 Å². The van der Waals surface area contributed by atoms with E-state index >= 15 is 0 Å². The summed E-state index contributed by atoms with van der Waals surface area (Å²) in [5, 5.41) is 2.98. The molecule has 7 nitrogen and oxygen atoms in total. The quantitative estimate of drug-likeness (QED) is 0.672. The van der Waals surface area contributed by atoms with Crippen LogP contribution in [-0.4, -0.2) is 41.0 Å². The number of nitrogens with one attached hydrogen (secondary N) is 1. The second kappa shape index (κ2) is 10.3. The molecule has 2 rings (SSSR count). The lowest BCUT2D eigenvalue weighted by molar-refractivity contribution is -0.123. The Labute approximate surface area is 165 Å². The van der Waals surface area contributed by atoms with Crippen molar-refractivity contribution in [3.63, 3.8) is 0 Å². The van der Waals surface area contributed by atoms with Crippen LogP contribution in [0.2, 0.25) is 0 Å². The maximum atomic E-state index is 12.4. The van der Waals surface area contributed by atoms with Gasteiger partial charge >= 0.3 is 0 Å². The Hall–Kier alpha value is -3.09. The molecule has 28 heavy (non-hydrogen) atoms. The van der Waals surface area contributed by atoms with Gasteiger partial charge in [0.05, 0.1) is 34.5 Å². The first kappa shape index (κ1) is 21.2. The minimum atomic E-state index is -0.233. The van der Waals surface area contributed by atoms with Crippen molar-refractivity contribution in [3.8, 4) is 28.7 Å². The van der Waals surface area contributed by atoms with Crippen LogP contribution in [-0.2, 0) is 4.79 Å². The molecule has 0 heterocycles. The van der Waals surface area contributed by atoms with E-state index in [-0.39, 0.29) is 18.6 Å². The minimum Gasteiger partial charge on any atom is -0.496 e. The van der Waals surface area contributed by atoms with Gasteiger partial charge in [0.1, 0.15) is 17.2 Å². The molecule has 2 aromatic carbocycles. The zero-order valence-corrected chi connectivity index (χ0v) is 16.9. The van der Waals surface area contributed by atoms with Crippen molar-refractivity contribution in [3.05, 3.63) is 42.0 Å². The molecular formula is C21H27NO6. The van der Waals surface area contributed by atoms with E-state index in [1.54, 1.807) is 46.6 Å². The highest BCUT2D eigenvalue weighted by Gasteiger charge is 2.16. The molecule has 0 radical (unpaired) electrons. The number of rotatable bonds is 10. The van der Waals surface area contributed by atoms with Crippen molar-refractivity contribution in [2.24, 2.45) is 0 Å². The van der Waals surface area contributed by atoms with E-state index < -0.39 is 0 Å². The maximum absolute atomic E-state index is 12.4. The Balaban J connectivity index is 2.03. The van der Waals surface area contributed by atoms with Gasteiger partial charge in [-0.2, -0.15) is 0 Å². The van der Waals surface area contributed by atoms with Crippen molar-refractivity contribution in [1.82, 2.24) is 5.32 Å². The number of ether oxygens (including phenoxy) is 5. The van der Waals surface area contributed by atoms with Crippen LogP contribution < -0.4 is 29.0 Å². The smallest absolute Gasteiger partial charge is 0.258 e. The highest BCUT2D eigenvalue weighted by Crippen LogP contribution is 2.31. The first-order chi connectivity index (χ1) is 13.5. The Morgan fingerprint density at radius 1 is 0.857 bits per heavy atom. The molecule has 152 valence electrons. The van der Waals surface area contributed by atoms with Crippen LogP contribution in [0.15, 0.2) is 36.4 Å². The standard InChI is InChI=1S/C21H27NO6/c1-6-18(14-7-8-19(26-4)20(9-14)27-5)22-21(23)13-28-17-11-15(24-2)10-16(12-17)25-3/h7-12,18H,6,13H2,1-5H3,(H,22,23). The molecule has 7 heteroatoms. The number of hydrogen-bond donors (Lipinski definition) is 1. The molecule has 2 aromatic rings. The van der Waals surface area contributed by atoms with Crippen LogP contribution >= 0.6 is 0 Å². The van der Waals surface area contributed by atoms with Crippen LogP contribution in [0.1, 0.15) is 24.9 Å². The normalized spacial score (nSPS) is 11.3. The van der Waals surface area contributed by atoms with Gasteiger partial charge in [-0.15, -0.1) is 0 Å². The minimum absolute atomic E-state index is 0.125. The zero-order chi connectivity index (χ0) is 20.5. The molecule has 1 atom stereocenters. The molecule has 1 N–H and O–H groups in total. The molecule has 0 aliphatic rings. The number of hydrogen-bond acceptors (Lipinski definition) is 6. The zero-order valence-electron chi connectivity index (χ0n) is 16.9. The summed E-state index contributed by atoms with van der Waals surface area (Å²) in [5.74, 6) is 2.70. The fourth-order valence-electron chi connectivity index (χ4n) is 2.74. The predicted octanol–water partition coefficient (Wildman–Crippen LogP) is 3.37. The van der Waals surface area contributed by atoms with E-state index in [1.165, 1.54) is 0 Å². The summed E-state index contributed by atoms with van der Waals surface area (Å²) in [6, 6.07) is 10.5. The van der Waals surface area contributed by atoms with Gasteiger partial charge in [0.15, 0.2) is 18.1 Å². The fourth-order valence-corrected chi connectivity index (χ4v) is 2.74. The van der Waals surface area contributed by atoms with Crippen LogP contribution in [0.25, 0.3) is 0 Å². The van der Waals surface area contributed by atoms with Gasteiger partial charge in [0, 0.05) is 18.2 Å². The second-order valence-corrected chi connectivity index (χ2v) is 5.98. The second-order valence-electron chi connectivity index (χ2n) is 5.98. The summed E-state index contributed by atoms with van der Waals surface area (Å²) >= 11 is 0. The summed E-state index contributed by atoms with van der Waals surface area (Å²) in [5.41, 5.74) is 0.927. The van der Waals surface area contributed by atoms with Crippen LogP contribution in [0.4, 0.5) is 0 Å². The van der Waals surface area contributed by atoms with Crippen molar-refractivity contribution in [2.45, 2.75) is 19.4 Å². The SMILES string of the molecule is CCC(NC(=O)COc1cc(OC)cc(OC)c1)c1ccc(OC)c(OC)c1. The van der Waals surface area contributed by atoms with Crippen LogP contribution in [0, 0.1) is 0 Å². The molecule has 0 aromatic heterocycles. The van der Waals surface area contributed by atoms with Gasteiger partial charge in [-0.05, 0) is 24.1 Å². The Kier molecular flexibility index (Phi) is 7.80. The maximum Gasteiger partial charge on any atom is 0.258 e. The molecule has 1 amide bonds. The summed E-state index contributed by atoms with van der Waals surface area (Å²) in [7, 11) is 6.28. The third kappa shape index (κ3) is 5.45. The topological polar surface area (TPSA) is 75.3 Å². The monoisotopic (exact) mass is 389 g/mol. The van der Waals surface area contributed by atoms with E-state index in [9.17, 15) is 4.79 Å². The highest BCUT2D eigenvalue weighted by atomic mass is 16.5. The summed E-state index contributed by atoms with van der Waals surface area (Å²) in [6.45, 7) is 1.87. The van der Waals surface area contributed by atoms with Gasteiger partial charge in [-0.3, -0.25) is 4.79 Å². The number of amides is 1. The molecule has 0 aliphatic heterocycles. The third-order valence-electron chi connectivity index (χ3n) is 4.25. The molecule has 1 unspecified atom stereocenters. The first-order valence-electron chi connectivity index (χ1n) is 8.91. The summed E-state index contributed by atoms with van der Waals surface area (Å²) < 4.78 is 26.6. The van der Waals surface area contributed by atoms with Gasteiger partial charge in [0.25, 0.3) is 5.91 Å². The number of carbonyl (C=O) groups excluding carboxylic acids is 1. The van der Waals surface area contributed by atoms with Crippen molar-refractivity contribution in [1.29, 1.82) is 0 Å². The van der Waals surface area contributed by atoms with Gasteiger partial charge in [0.2, 0.25) is 0 Å². The Morgan fingerprint density at radius 3 is 2.00 bits per heavy atom. The lowest BCUT2D eigenvalue weighted by Gasteiger charge is -2.19. The van der Waals surface area contributed by atoms with Gasteiger partial charge in [-0.1, -0.05) is 13.0 Å². The summed E-state index contributed by atoms with van der Waals surface area (Å²) in [4.78, 5) is 12.4. The lowest BCUT2D eigenvalue weighted by atomic mass is 10.0. The van der Waals surface area contributed by atoms with Crippen LogP contribution in [0.5, 0.6) is 28.7 Å². The van der Waals surface area contributed by atoms with E-state index in [2.05, 4.69) is 5.32 Å². The molecule has 0 aliphatic carbocycles. The van der Waals surface area contributed by atoms with Crippen molar-refractivity contribution in [2.75, 3.05) is 35.0 Å². The van der Waals surface area contributed by atoms with E-state index in [4.69, 9.17) is 23.7 Å². The fraction of sp³-hybridized carbons (Fsp3) is 0.381. The Morgan fingerprint density at radius 2 is 1.46 bits per heavy atom. The molecule has 0 spiro atoms. The van der Waals surface area contributed by atoms with Crippen molar-refractivity contribution >= 4 is 5.91 Å². The largest absolute Gasteiger partial charge is 0.496 e. The highest BCUT2D eigenvalue weighted by molar-refractivity contribution is 5.78. The molecule has 0 fully saturated rings. The first-order valence-corrected chi connectivity index (χ1v) is 8.91. The average molecular weight is 389 g/mol. The number of carbonyl (C=O) groups is 1. The Bertz CT molecular complexity index is 770. The summed E-state index contributed by atoms with van der Waals surface area (Å²) in [6.07, 6.45) is 0.716. The lowest BCUT2D eigenvalue weighted by Crippen LogP contribution is -2.32. The predicted molar refractivity (Wildman–Crippen MR) is 106 cm³/mol. The molecule has 0 bridgehead atoms. The van der Waals surface area contributed by atoms with Crippen LogP contribution in [0.3, 0.4) is 0 Å². The number of benzene rings is 2. The molecule has 0 saturated carbocycles. The van der Waals surface area contributed by atoms with E-state index in [0.717, 1.165) is 5.56 Å².